The molecule has 0 radical (unpaired) electrons. The highest BCUT2D eigenvalue weighted by Crippen LogP contribution is 2.43. The molecule has 1 spiro atoms. The summed E-state index contributed by atoms with van der Waals surface area (Å²) in [6.07, 6.45) is 5.75. The van der Waals surface area contributed by atoms with E-state index in [4.69, 9.17) is 20.8 Å². The van der Waals surface area contributed by atoms with Crippen LogP contribution in [-0.4, -0.2) is 60.5 Å². The van der Waals surface area contributed by atoms with Crippen molar-refractivity contribution in [3.8, 4) is 11.5 Å². The predicted molar refractivity (Wildman–Crippen MR) is 195 cm³/mol. The summed E-state index contributed by atoms with van der Waals surface area (Å²) in [5, 5.41) is 5.52. The van der Waals surface area contributed by atoms with E-state index >= 15 is 0 Å². The third-order valence-corrected chi connectivity index (χ3v) is 10.2. The first kappa shape index (κ1) is 33.5. The fourth-order valence-electron chi connectivity index (χ4n) is 7.14. The fraction of sp³-hybridized carbons (Fsp3) is 0.256. The molecule has 11 nitrogen and oxygen atoms in total. The Kier molecular flexibility index (Phi) is 8.72. The van der Waals surface area contributed by atoms with Gasteiger partial charge in [0, 0.05) is 67.5 Å². The second-order valence-electron chi connectivity index (χ2n) is 13.5. The molecule has 52 heavy (non-hydrogen) atoms. The number of fused-ring (bicyclic) bond motifs is 3. The van der Waals surface area contributed by atoms with Crippen LogP contribution in [0.15, 0.2) is 83.5 Å². The number of carbonyl (C=O) groups excluding carboxylic acids is 3. The summed E-state index contributed by atoms with van der Waals surface area (Å²) in [6.45, 7) is 5.42. The molecule has 0 atom stereocenters. The molecule has 3 aliphatic heterocycles. The Morgan fingerprint density at radius 1 is 0.942 bits per heavy atom. The van der Waals surface area contributed by atoms with E-state index in [2.05, 4.69) is 25.5 Å². The van der Waals surface area contributed by atoms with Crippen LogP contribution in [-0.2, 0) is 11.2 Å². The second-order valence-corrected chi connectivity index (χ2v) is 13.9. The van der Waals surface area contributed by atoms with E-state index in [0.717, 1.165) is 44.7 Å². The number of halogens is 2. The number of pyridine rings is 2. The zero-order valence-electron chi connectivity index (χ0n) is 28.2. The molecule has 0 saturated carbocycles. The largest absolute Gasteiger partial charge is 0.449 e. The average Bonchev–Trinajstić information content (AvgIpc) is 3.51. The van der Waals surface area contributed by atoms with Crippen molar-refractivity contribution in [2.45, 2.75) is 26.2 Å². The molecular weight excluding hydrogens is 687 g/mol. The van der Waals surface area contributed by atoms with Crippen LogP contribution in [0.4, 0.5) is 27.3 Å². The van der Waals surface area contributed by atoms with Gasteiger partial charge in [0.2, 0.25) is 0 Å². The summed E-state index contributed by atoms with van der Waals surface area (Å²) in [5.74, 6) is -0.911. The maximum absolute atomic E-state index is 14.3. The number of amides is 3. The van der Waals surface area contributed by atoms with E-state index in [1.165, 1.54) is 18.2 Å². The van der Waals surface area contributed by atoms with Gasteiger partial charge in [-0.05, 0) is 92.4 Å². The zero-order chi connectivity index (χ0) is 36.0. The number of furan rings is 1. The number of carbonyl (C=O) groups is 3. The summed E-state index contributed by atoms with van der Waals surface area (Å²) in [5.41, 5.74) is 3.99. The van der Waals surface area contributed by atoms with Gasteiger partial charge in [0.1, 0.15) is 17.3 Å². The summed E-state index contributed by atoms with van der Waals surface area (Å²) < 4.78 is 25.9. The Morgan fingerprint density at radius 2 is 1.73 bits per heavy atom. The van der Waals surface area contributed by atoms with Crippen molar-refractivity contribution in [3.05, 3.63) is 118 Å². The van der Waals surface area contributed by atoms with Gasteiger partial charge in [0.05, 0.1) is 22.0 Å². The molecule has 2 fully saturated rings. The van der Waals surface area contributed by atoms with Crippen LogP contribution in [0.1, 0.15) is 55.2 Å². The number of aromatic nitrogens is 2. The van der Waals surface area contributed by atoms with Crippen LogP contribution in [0, 0.1) is 18.2 Å². The molecule has 0 aliphatic carbocycles. The van der Waals surface area contributed by atoms with Gasteiger partial charge in [-0.2, -0.15) is 0 Å². The number of hydrogen-bond acceptors (Lipinski definition) is 8. The first-order valence-electron chi connectivity index (χ1n) is 17.0. The monoisotopic (exact) mass is 720 g/mol. The van der Waals surface area contributed by atoms with Crippen molar-refractivity contribution >= 4 is 52.2 Å². The molecule has 6 heterocycles. The Labute approximate surface area is 303 Å². The Balaban J connectivity index is 0.976. The number of ether oxygens (including phenoxy) is 1. The van der Waals surface area contributed by atoms with Crippen LogP contribution in [0.5, 0.6) is 0 Å². The second kappa shape index (κ2) is 13.5. The molecule has 3 amide bonds. The third-order valence-electron chi connectivity index (χ3n) is 9.92. The number of nitrogens with zero attached hydrogens (tertiary/aromatic N) is 4. The maximum Gasteiger partial charge on any atom is 0.291 e. The number of rotatable bonds is 6. The maximum atomic E-state index is 14.3. The Morgan fingerprint density at radius 3 is 2.50 bits per heavy atom. The Hall–Kier alpha value is -5.59. The third kappa shape index (κ3) is 6.28. The zero-order valence-corrected chi connectivity index (χ0v) is 29.0. The first-order valence-corrected chi connectivity index (χ1v) is 17.4. The molecule has 8 rings (SSSR count). The topological polar surface area (TPSA) is 130 Å². The number of hydrogen-bond donors (Lipinski definition) is 2. The lowest BCUT2D eigenvalue weighted by molar-refractivity contribution is -0.000511. The van der Waals surface area contributed by atoms with Crippen LogP contribution < -0.4 is 20.4 Å². The molecular formula is C39H34ClFN6O5. The lowest BCUT2D eigenvalue weighted by atomic mass is 9.73. The van der Waals surface area contributed by atoms with E-state index in [0.29, 0.717) is 51.8 Å². The van der Waals surface area contributed by atoms with Gasteiger partial charge in [0.25, 0.3) is 17.7 Å². The molecule has 3 aliphatic rings. The van der Waals surface area contributed by atoms with Crippen molar-refractivity contribution in [1.29, 1.82) is 0 Å². The van der Waals surface area contributed by atoms with Crippen LogP contribution in [0.25, 0.3) is 11.5 Å². The summed E-state index contributed by atoms with van der Waals surface area (Å²) in [7, 11) is 0. The number of para-hydroxylation sites is 1. The lowest BCUT2D eigenvalue weighted by Gasteiger charge is -2.53. The smallest absolute Gasteiger partial charge is 0.291 e. The van der Waals surface area contributed by atoms with Crippen molar-refractivity contribution in [1.82, 2.24) is 9.97 Å². The number of aryl methyl sites for hydroxylation is 1. The lowest BCUT2D eigenvalue weighted by Crippen LogP contribution is -2.59. The molecule has 2 N–H and O–H groups in total. The molecule has 0 unspecified atom stereocenters. The van der Waals surface area contributed by atoms with Gasteiger partial charge in [-0.3, -0.25) is 19.4 Å². The molecule has 2 aromatic carbocycles. The number of anilines is 4. The van der Waals surface area contributed by atoms with Gasteiger partial charge < -0.3 is 29.6 Å². The van der Waals surface area contributed by atoms with E-state index in [-0.39, 0.29) is 40.2 Å². The van der Waals surface area contributed by atoms with E-state index < -0.39 is 11.7 Å². The highest BCUT2D eigenvalue weighted by atomic mass is 35.5. The summed E-state index contributed by atoms with van der Waals surface area (Å²) in [6, 6.07) is 17.8. The van der Waals surface area contributed by atoms with Crippen LogP contribution >= 0.6 is 11.6 Å². The molecule has 264 valence electrons. The molecule has 5 aromatic rings. The van der Waals surface area contributed by atoms with Gasteiger partial charge in [0.15, 0.2) is 11.5 Å². The number of benzene rings is 2. The highest BCUT2D eigenvalue weighted by molar-refractivity contribution is 6.34. The van der Waals surface area contributed by atoms with Gasteiger partial charge in [-0.15, -0.1) is 0 Å². The first-order chi connectivity index (χ1) is 25.2. The molecule has 2 saturated heterocycles. The normalized spacial score (nSPS) is 16.0. The van der Waals surface area contributed by atoms with Crippen molar-refractivity contribution in [2.24, 2.45) is 5.41 Å². The highest BCUT2D eigenvalue weighted by Gasteiger charge is 2.45. The summed E-state index contributed by atoms with van der Waals surface area (Å²) in [4.78, 5) is 53.5. The van der Waals surface area contributed by atoms with Crippen molar-refractivity contribution in [2.75, 3.05) is 53.3 Å². The van der Waals surface area contributed by atoms with E-state index in [9.17, 15) is 18.8 Å². The van der Waals surface area contributed by atoms with Gasteiger partial charge >= 0.3 is 0 Å². The van der Waals surface area contributed by atoms with E-state index in [1.807, 2.05) is 13.0 Å². The van der Waals surface area contributed by atoms with Crippen LogP contribution in [0.2, 0.25) is 5.02 Å². The summed E-state index contributed by atoms with van der Waals surface area (Å²) >= 11 is 6.09. The molecule has 13 heteroatoms. The minimum absolute atomic E-state index is 0.0417. The standard InChI is InChI=1S/C39H34ClFN6O5/c1-23-18-27(35(43-20-23)46-21-39(22-46)12-16-51-17-13-39)36(48)44-26-9-7-24(8-10-26)38(50)47-15-11-25-19-31(52-34(25)33-30(47)6-3-14-42-33)37(49)45-32-28(40)4-2-5-29(32)41/h2-10,14,18-20H,11-13,15-17,21-22H2,1H3,(H,44,48)(H,45,49). The van der Waals surface area contributed by atoms with E-state index in [1.54, 1.807) is 59.8 Å². The quantitative estimate of drug-likeness (QED) is 0.189. The van der Waals surface area contributed by atoms with Crippen molar-refractivity contribution < 1.29 is 27.9 Å². The molecule has 3 aromatic heterocycles. The SMILES string of the molecule is Cc1cnc(N2CC3(CCOCC3)C2)c(C(=O)Nc2ccc(C(=O)N3CCc4cc(C(=O)Nc5c(F)cccc5Cl)oc4-c4ncccc43)cc2)c1. The minimum atomic E-state index is -0.672. The van der Waals surface area contributed by atoms with Gasteiger partial charge in [-0.25, -0.2) is 9.37 Å². The minimum Gasteiger partial charge on any atom is -0.449 e. The van der Waals surface area contributed by atoms with Crippen molar-refractivity contribution in [3.63, 3.8) is 0 Å². The Bertz CT molecular complexity index is 2190. The van der Waals surface area contributed by atoms with Crippen LogP contribution in [0.3, 0.4) is 0 Å². The van der Waals surface area contributed by atoms with Gasteiger partial charge in [-0.1, -0.05) is 17.7 Å². The fourth-order valence-corrected chi connectivity index (χ4v) is 7.35. The molecule has 0 bridgehead atoms. The number of nitrogens with one attached hydrogen (secondary N) is 2. The predicted octanol–water partition coefficient (Wildman–Crippen LogP) is 7.16. The average molecular weight is 721 g/mol.